The van der Waals surface area contributed by atoms with E-state index in [2.05, 4.69) is 205 Å². The number of thiophene rings is 1. The molecule has 266 valence electrons. The highest BCUT2D eigenvalue weighted by atomic mass is 32.1. The Morgan fingerprint density at radius 1 is 0.351 bits per heavy atom. The lowest BCUT2D eigenvalue weighted by Gasteiger charge is -2.26. The molecule has 57 heavy (non-hydrogen) atoms. The number of hydrogen-bond acceptors (Lipinski definition) is 3. The number of furan rings is 1. The maximum absolute atomic E-state index is 6.53. The van der Waals surface area contributed by atoms with E-state index < -0.39 is 0 Å². The molecule has 0 N–H and O–H groups in total. The van der Waals surface area contributed by atoms with Crippen LogP contribution in [0, 0.1) is 0 Å². The maximum Gasteiger partial charge on any atom is 0.143 e. The monoisotopic (exact) mass is 743 g/mol. The van der Waals surface area contributed by atoms with E-state index >= 15 is 0 Å². The zero-order valence-corrected chi connectivity index (χ0v) is 31.6. The van der Waals surface area contributed by atoms with Crippen molar-refractivity contribution in [1.82, 2.24) is 0 Å². The largest absolute Gasteiger partial charge is 0.455 e. The fraction of sp³-hybridized carbons (Fsp3) is 0. The van der Waals surface area contributed by atoms with Gasteiger partial charge in [-0.15, -0.1) is 11.3 Å². The topological polar surface area (TPSA) is 16.4 Å². The van der Waals surface area contributed by atoms with Crippen molar-refractivity contribution in [3.63, 3.8) is 0 Å². The molecule has 0 aliphatic carbocycles. The van der Waals surface area contributed by atoms with Crippen molar-refractivity contribution in [2.45, 2.75) is 0 Å². The van der Waals surface area contributed by atoms with Crippen molar-refractivity contribution in [3.05, 3.63) is 200 Å². The molecule has 0 fully saturated rings. The van der Waals surface area contributed by atoms with Crippen LogP contribution in [0.5, 0.6) is 0 Å². The lowest BCUT2D eigenvalue weighted by atomic mass is 9.97. The molecule has 3 heteroatoms. The normalized spacial score (nSPS) is 11.9. The lowest BCUT2D eigenvalue weighted by molar-refractivity contribution is 0.673. The van der Waals surface area contributed by atoms with Gasteiger partial charge in [-0.2, -0.15) is 0 Å². The highest BCUT2D eigenvalue weighted by molar-refractivity contribution is 7.25. The molecule has 12 rings (SSSR count). The van der Waals surface area contributed by atoms with Gasteiger partial charge in [0.15, 0.2) is 0 Å². The molecule has 2 aromatic heterocycles. The van der Waals surface area contributed by atoms with Crippen LogP contribution in [0.25, 0.3) is 96.7 Å². The summed E-state index contributed by atoms with van der Waals surface area (Å²) in [5, 5.41) is 12.3. The molecule has 2 heterocycles. The molecule has 0 saturated carbocycles. The van der Waals surface area contributed by atoms with Gasteiger partial charge in [0.1, 0.15) is 11.2 Å². The van der Waals surface area contributed by atoms with E-state index in [1.807, 2.05) is 11.3 Å². The predicted molar refractivity (Wildman–Crippen MR) is 245 cm³/mol. The Morgan fingerprint density at radius 2 is 0.930 bits per heavy atom. The third kappa shape index (κ3) is 5.17. The maximum atomic E-state index is 6.53. The summed E-state index contributed by atoms with van der Waals surface area (Å²) in [6, 6.07) is 72.8. The summed E-state index contributed by atoms with van der Waals surface area (Å²) >= 11 is 1.85. The molecule has 0 aliphatic rings. The van der Waals surface area contributed by atoms with Crippen molar-refractivity contribution in [3.8, 4) is 22.3 Å². The Morgan fingerprint density at radius 3 is 1.75 bits per heavy atom. The van der Waals surface area contributed by atoms with Crippen LogP contribution in [0.1, 0.15) is 0 Å². The van der Waals surface area contributed by atoms with Crippen LogP contribution in [-0.2, 0) is 0 Å². The molecule has 12 aromatic rings. The van der Waals surface area contributed by atoms with Gasteiger partial charge in [0.05, 0.1) is 0 Å². The highest BCUT2D eigenvalue weighted by Crippen LogP contribution is 2.43. The first kappa shape index (κ1) is 32.1. The number of rotatable bonds is 5. The Bertz CT molecular complexity index is 3520. The molecular formula is C54H33NOS. The predicted octanol–water partition coefficient (Wildman–Crippen LogP) is 16.2. The molecule has 10 aromatic carbocycles. The van der Waals surface area contributed by atoms with E-state index in [1.54, 1.807) is 0 Å². The summed E-state index contributed by atoms with van der Waals surface area (Å²) < 4.78 is 9.12. The Balaban J connectivity index is 0.964. The average Bonchev–Trinajstić information content (AvgIpc) is 3.85. The molecule has 0 amide bonds. The summed E-state index contributed by atoms with van der Waals surface area (Å²) in [6.45, 7) is 0. The van der Waals surface area contributed by atoms with Crippen molar-refractivity contribution >= 4 is 103 Å². The minimum atomic E-state index is 0.904. The number of fused-ring (bicyclic) bond motifs is 11. The van der Waals surface area contributed by atoms with Gasteiger partial charge in [0.25, 0.3) is 0 Å². The first-order chi connectivity index (χ1) is 28.2. The van der Waals surface area contributed by atoms with Crippen molar-refractivity contribution in [1.29, 1.82) is 0 Å². The van der Waals surface area contributed by atoms with E-state index in [9.17, 15) is 0 Å². The minimum absolute atomic E-state index is 0.904. The minimum Gasteiger partial charge on any atom is -0.455 e. The zero-order valence-electron chi connectivity index (χ0n) is 30.8. The zero-order chi connectivity index (χ0) is 37.5. The molecule has 0 bridgehead atoms. The molecule has 2 nitrogen and oxygen atoms in total. The standard InChI is InChI=1S/C54H33NOS/c1-3-10-43-35(8-1)16-17-39-32-38(23-29-44(39)43)34-18-24-40(25-19-34)55(42-28-31-48-47-12-5-6-15-51(47)57-52(48)33-42)41-26-20-37(21-27-41)45-13-7-14-50-53(45)49-30-22-36-9-2-4-11-46(36)54(49)56-50/h1-33H. The summed E-state index contributed by atoms with van der Waals surface area (Å²) in [4.78, 5) is 2.38. The molecule has 0 atom stereocenters. The second-order valence-electron chi connectivity index (χ2n) is 14.9. The van der Waals surface area contributed by atoms with Crippen LogP contribution < -0.4 is 4.90 Å². The number of nitrogens with zero attached hydrogens (tertiary/aromatic N) is 1. The van der Waals surface area contributed by atoms with Crippen molar-refractivity contribution in [2.75, 3.05) is 4.90 Å². The number of benzene rings is 10. The van der Waals surface area contributed by atoms with Gasteiger partial charge in [-0.1, -0.05) is 140 Å². The molecule has 0 aliphatic heterocycles. The van der Waals surface area contributed by atoms with Crippen molar-refractivity contribution in [2.24, 2.45) is 0 Å². The second kappa shape index (κ2) is 12.7. The number of anilines is 3. The molecule has 0 spiro atoms. The van der Waals surface area contributed by atoms with E-state index in [-0.39, 0.29) is 0 Å². The van der Waals surface area contributed by atoms with Crippen LogP contribution in [-0.4, -0.2) is 0 Å². The summed E-state index contributed by atoms with van der Waals surface area (Å²) in [7, 11) is 0. The van der Waals surface area contributed by atoms with Gasteiger partial charge in [-0.05, 0) is 110 Å². The fourth-order valence-electron chi connectivity index (χ4n) is 8.88. The number of hydrogen-bond donors (Lipinski definition) is 0. The van der Waals surface area contributed by atoms with Crippen LogP contribution in [0.2, 0.25) is 0 Å². The average molecular weight is 744 g/mol. The van der Waals surface area contributed by atoms with Crippen LogP contribution in [0.15, 0.2) is 205 Å². The van der Waals surface area contributed by atoms with Crippen LogP contribution >= 0.6 is 11.3 Å². The third-order valence-electron chi connectivity index (χ3n) is 11.6. The van der Waals surface area contributed by atoms with Gasteiger partial charge in [0.2, 0.25) is 0 Å². The van der Waals surface area contributed by atoms with E-state index in [1.165, 1.54) is 63.8 Å². The van der Waals surface area contributed by atoms with Gasteiger partial charge in [0, 0.05) is 53.4 Å². The highest BCUT2D eigenvalue weighted by Gasteiger charge is 2.18. The summed E-state index contributed by atoms with van der Waals surface area (Å²) in [5.74, 6) is 0. The Kier molecular flexibility index (Phi) is 7.13. The quantitative estimate of drug-likeness (QED) is 0.163. The lowest BCUT2D eigenvalue weighted by Crippen LogP contribution is -2.09. The molecule has 0 saturated heterocycles. The third-order valence-corrected chi connectivity index (χ3v) is 12.8. The van der Waals surface area contributed by atoms with Gasteiger partial charge >= 0.3 is 0 Å². The molecule has 0 unspecified atom stereocenters. The van der Waals surface area contributed by atoms with Gasteiger partial charge < -0.3 is 9.32 Å². The molecule has 0 radical (unpaired) electrons. The van der Waals surface area contributed by atoms with E-state index in [4.69, 9.17) is 4.42 Å². The van der Waals surface area contributed by atoms with E-state index in [0.29, 0.717) is 0 Å². The van der Waals surface area contributed by atoms with Gasteiger partial charge in [-0.25, -0.2) is 0 Å². The SMILES string of the molecule is c1ccc2c(c1)ccc1cc(-c3ccc(N(c4ccc(-c5cccc6oc7c8ccccc8ccc7c56)cc4)c4ccc5c(c4)sc4ccccc45)cc3)ccc12. The molecular weight excluding hydrogens is 711 g/mol. The smallest absolute Gasteiger partial charge is 0.143 e. The van der Waals surface area contributed by atoms with Crippen molar-refractivity contribution < 1.29 is 4.42 Å². The Hall–Kier alpha value is -7.20. The van der Waals surface area contributed by atoms with Crippen LogP contribution in [0.4, 0.5) is 17.1 Å². The second-order valence-corrected chi connectivity index (χ2v) is 16.0. The van der Waals surface area contributed by atoms with E-state index in [0.717, 1.165) is 50.0 Å². The summed E-state index contributed by atoms with van der Waals surface area (Å²) in [6.07, 6.45) is 0. The summed E-state index contributed by atoms with van der Waals surface area (Å²) in [5.41, 5.74) is 9.89. The first-order valence-electron chi connectivity index (χ1n) is 19.4. The van der Waals surface area contributed by atoms with Gasteiger partial charge in [-0.3, -0.25) is 0 Å². The Labute approximate surface area is 333 Å². The fourth-order valence-corrected chi connectivity index (χ4v) is 10.0. The first-order valence-corrected chi connectivity index (χ1v) is 20.2. The van der Waals surface area contributed by atoms with Crippen LogP contribution in [0.3, 0.4) is 0 Å².